The van der Waals surface area contributed by atoms with Gasteiger partial charge in [0.1, 0.15) is 0 Å². The van der Waals surface area contributed by atoms with Crippen LogP contribution in [0.4, 0.5) is 0 Å². The van der Waals surface area contributed by atoms with Crippen LogP contribution in [-0.4, -0.2) is 25.2 Å². The fourth-order valence-electron chi connectivity index (χ4n) is 1.16. The molecule has 0 spiro atoms. The van der Waals surface area contributed by atoms with E-state index >= 15 is 0 Å². The summed E-state index contributed by atoms with van der Waals surface area (Å²) in [6.45, 7) is 6.44. The lowest BCUT2D eigenvalue weighted by Gasteiger charge is -2.04. The van der Waals surface area contributed by atoms with Crippen molar-refractivity contribution in [1.29, 1.82) is 0 Å². The van der Waals surface area contributed by atoms with E-state index in [1.807, 2.05) is 6.92 Å². The van der Waals surface area contributed by atoms with Gasteiger partial charge in [-0.1, -0.05) is 18.9 Å². The number of carbonyl (C=O) groups excluding carboxylic acids is 2. The highest BCUT2D eigenvalue weighted by atomic mass is 16.5. The van der Waals surface area contributed by atoms with Crippen molar-refractivity contribution in [3.63, 3.8) is 0 Å². The quantitative estimate of drug-likeness (QED) is 0.373. The minimum absolute atomic E-state index is 0.213. The minimum Gasteiger partial charge on any atom is -0.466 e. The van der Waals surface area contributed by atoms with E-state index in [1.54, 1.807) is 13.8 Å². The summed E-state index contributed by atoms with van der Waals surface area (Å²) in [4.78, 5) is 22.4. The van der Waals surface area contributed by atoms with Gasteiger partial charge in [-0.2, -0.15) is 0 Å². The number of unbranched alkanes of at least 4 members (excludes halogenated alkanes) is 1. The van der Waals surface area contributed by atoms with Crippen molar-refractivity contribution >= 4 is 11.9 Å². The number of carbonyl (C=O) groups is 2. The van der Waals surface area contributed by atoms with E-state index in [2.05, 4.69) is 0 Å². The fourth-order valence-corrected chi connectivity index (χ4v) is 1.16. The first kappa shape index (κ1) is 15.7. The highest BCUT2D eigenvalue weighted by Crippen LogP contribution is 2.05. The summed E-state index contributed by atoms with van der Waals surface area (Å²) in [5.41, 5.74) is 0.830. The van der Waals surface area contributed by atoms with E-state index in [4.69, 9.17) is 9.47 Å². The Bertz CT molecular complexity index is 269. The summed E-state index contributed by atoms with van der Waals surface area (Å²) in [6.07, 6.45) is 4.16. The number of ether oxygens (including phenoxy) is 2. The number of esters is 2. The Morgan fingerprint density at radius 3 is 2.41 bits per heavy atom. The van der Waals surface area contributed by atoms with Crippen LogP contribution in [0.3, 0.4) is 0 Å². The Morgan fingerprint density at radius 1 is 1.12 bits per heavy atom. The second kappa shape index (κ2) is 9.87. The van der Waals surface area contributed by atoms with Gasteiger partial charge in [0, 0.05) is 12.5 Å². The van der Waals surface area contributed by atoms with Crippen molar-refractivity contribution in [1.82, 2.24) is 0 Å². The molecule has 0 aliphatic carbocycles. The second-order valence-corrected chi connectivity index (χ2v) is 3.82. The van der Waals surface area contributed by atoms with Crippen LogP contribution in [0.15, 0.2) is 11.6 Å². The average Bonchev–Trinajstić information content (AvgIpc) is 2.27. The van der Waals surface area contributed by atoms with E-state index in [0.717, 1.165) is 18.4 Å². The molecule has 98 valence electrons. The number of rotatable bonds is 8. The van der Waals surface area contributed by atoms with Crippen molar-refractivity contribution in [3.8, 4) is 0 Å². The summed E-state index contributed by atoms with van der Waals surface area (Å²) in [7, 11) is 0. The number of hydrogen-bond donors (Lipinski definition) is 0. The topological polar surface area (TPSA) is 52.6 Å². The van der Waals surface area contributed by atoms with E-state index in [-0.39, 0.29) is 11.9 Å². The Labute approximate surface area is 103 Å². The first-order valence-corrected chi connectivity index (χ1v) is 6.09. The van der Waals surface area contributed by atoms with Gasteiger partial charge in [0.25, 0.3) is 0 Å². The Balaban J connectivity index is 3.78. The van der Waals surface area contributed by atoms with E-state index in [9.17, 15) is 9.59 Å². The van der Waals surface area contributed by atoms with E-state index in [1.165, 1.54) is 6.08 Å². The van der Waals surface area contributed by atoms with Crippen LogP contribution >= 0.6 is 0 Å². The highest BCUT2D eigenvalue weighted by molar-refractivity contribution is 5.82. The Hall–Kier alpha value is -1.32. The van der Waals surface area contributed by atoms with Crippen molar-refractivity contribution < 1.29 is 19.1 Å². The molecule has 0 aromatic carbocycles. The highest BCUT2D eigenvalue weighted by Gasteiger charge is 2.04. The van der Waals surface area contributed by atoms with Crippen molar-refractivity contribution in [2.24, 2.45) is 0 Å². The maximum atomic E-state index is 11.3. The van der Waals surface area contributed by atoms with Gasteiger partial charge in [-0.25, -0.2) is 4.79 Å². The smallest absolute Gasteiger partial charge is 0.330 e. The lowest BCUT2D eigenvalue weighted by Crippen LogP contribution is -2.06. The lowest BCUT2D eigenvalue weighted by molar-refractivity contribution is -0.143. The normalized spacial score (nSPS) is 11.1. The molecule has 0 unspecified atom stereocenters. The molecule has 0 saturated heterocycles. The van der Waals surface area contributed by atoms with Gasteiger partial charge >= 0.3 is 11.9 Å². The first-order valence-electron chi connectivity index (χ1n) is 6.09. The first-order chi connectivity index (χ1) is 8.10. The number of allylic oxidation sites excluding steroid dienone is 1. The van der Waals surface area contributed by atoms with E-state index < -0.39 is 0 Å². The molecule has 0 aliphatic heterocycles. The van der Waals surface area contributed by atoms with Crippen LogP contribution in [0.1, 0.15) is 46.5 Å². The van der Waals surface area contributed by atoms with E-state index in [0.29, 0.717) is 26.1 Å². The van der Waals surface area contributed by atoms with Gasteiger partial charge < -0.3 is 9.47 Å². The third kappa shape index (κ3) is 9.60. The molecule has 17 heavy (non-hydrogen) atoms. The summed E-state index contributed by atoms with van der Waals surface area (Å²) in [5.74, 6) is -0.570. The maximum Gasteiger partial charge on any atom is 0.330 e. The molecule has 4 heteroatoms. The standard InChI is InChI=1S/C13H22O4/c1-4-6-9-17-12(14)8-7-11(3)10-13(15)16-5-2/h10H,4-9H2,1-3H3/b11-10+. The number of hydrogen-bond acceptors (Lipinski definition) is 4. The minimum atomic E-state index is -0.357. The summed E-state index contributed by atoms with van der Waals surface area (Å²) in [5, 5.41) is 0. The van der Waals surface area contributed by atoms with Crippen LogP contribution in [0.2, 0.25) is 0 Å². The third-order valence-corrected chi connectivity index (χ3v) is 2.14. The molecule has 0 saturated carbocycles. The maximum absolute atomic E-state index is 11.3. The van der Waals surface area contributed by atoms with Gasteiger partial charge in [0.15, 0.2) is 0 Å². The average molecular weight is 242 g/mol. The molecule has 0 fully saturated rings. The van der Waals surface area contributed by atoms with Crippen LogP contribution in [0.5, 0.6) is 0 Å². The van der Waals surface area contributed by atoms with Crippen LogP contribution in [0.25, 0.3) is 0 Å². The van der Waals surface area contributed by atoms with Gasteiger partial charge in [-0.15, -0.1) is 0 Å². The zero-order chi connectivity index (χ0) is 13.1. The fraction of sp³-hybridized carbons (Fsp3) is 0.692. The zero-order valence-corrected chi connectivity index (χ0v) is 11.0. The SMILES string of the molecule is CCCCOC(=O)CC/C(C)=C/C(=O)OCC. The van der Waals surface area contributed by atoms with Gasteiger partial charge in [-0.3, -0.25) is 4.79 Å². The van der Waals surface area contributed by atoms with Crippen molar-refractivity contribution in [2.75, 3.05) is 13.2 Å². The largest absolute Gasteiger partial charge is 0.466 e. The molecule has 0 N–H and O–H groups in total. The molecule has 0 rings (SSSR count). The van der Waals surface area contributed by atoms with Crippen LogP contribution < -0.4 is 0 Å². The molecular weight excluding hydrogens is 220 g/mol. The molecule has 0 atom stereocenters. The van der Waals surface area contributed by atoms with Crippen molar-refractivity contribution in [2.45, 2.75) is 46.5 Å². The predicted octanol–water partition coefficient (Wildman–Crippen LogP) is 2.62. The molecular formula is C13H22O4. The predicted molar refractivity (Wildman–Crippen MR) is 65.5 cm³/mol. The zero-order valence-electron chi connectivity index (χ0n) is 11.0. The van der Waals surface area contributed by atoms with Crippen molar-refractivity contribution in [3.05, 3.63) is 11.6 Å². The summed E-state index contributed by atoms with van der Waals surface area (Å²) < 4.78 is 9.77. The molecule has 0 aromatic heterocycles. The third-order valence-electron chi connectivity index (χ3n) is 2.14. The molecule has 0 amide bonds. The van der Waals surface area contributed by atoms with Gasteiger partial charge in [-0.05, 0) is 26.7 Å². The summed E-state index contributed by atoms with van der Waals surface area (Å²) >= 11 is 0. The second-order valence-electron chi connectivity index (χ2n) is 3.82. The van der Waals surface area contributed by atoms with Crippen LogP contribution in [0, 0.1) is 0 Å². The molecule has 0 aromatic rings. The molecule has 0 aliphatic rings. The van der Waals surface area contributed by atoms with Gasteiger partial charge in [0.05, 0.1) is 13.2 Å². The molecule has 0 heterocycles. The van der Waals surface area contributed by atoms with Gasteiger partial charge in [0.2, 0.25) is 0 Å². The summed E-state index contributed by atoms with van der Waals surface area (Å²) in [6, 6.07) is 0. The molecule has 0 radical (unpaired) electrons. The monoisotopic (exact) mass is 242 g/mol. The lowest BCUT2D eigenvalue weighted by atomic mass is 10.1. The Morgan fingerprint density at radius 2 is 1.82 bits per heavy atom. The molecule has 4 nitrogen and oxygen atoms in total. The molecule has 0 bridgehead atoms. The van der Waals surface area contributed by atoms with Crippen LogP contribution in [-0.2, 0) is 19.1 Å². The Kier molecular flexibility index (Phi) is 9.11.